The zero-order valence-corrected chi connectivity index (χ0v) is 9.11. The number of halogens is 1. The predicted octanol–water partition coefficient (Wildman–Crippen LogP) is 0.702. The normalized spacial score (nSPS) is 14.7. The maximum atomic E-state index is 9.69. The minimum Gasteiger partial charge on any atom is -0.497 e. The summed E-state index contributed by atoms with van der Waals surface area (Å²) in [4.78, 5) is 0. The second kappa shape index (κ2) is 5.32. The molecule has 5 heteroatoms. The quantitative estimate of drug-likeness (QED) is 0.713. The van der Waals surface area contributed by atoms with Crippen LogP contribution in [0, 0.1) is 0 Å². The van der Waals surface area contributed by atoms with E-state index in [2.05, 4.69) is 0 Å². The van der Waals surface area contributed by atoms with Crippen LogP contribution in [-0.2, 0) is 0 Å². The minimum atomic E-state index is -1.05. The molecule has 0 fully saturated rings. The van der Waals surface area contributed by atoms with Crippen molar-refractivity contribution in [2.45, 2.75) is 12.2 Å². The Labute approximate surface area is 93.2 Å². The van der Waals surface area contributed by atoms with E-state index in [1.807, 2.05) is 0 Å². The van der Waals surface area contributed by atoms with Crippen molar-refractivity contribution < 1.29 is 14.9 Å². The Kier molecular flexibility index (Phi) is 4.35. The molecule has 4 N–H and O–H groups in total. The average Bonchev–Trinajstić information content (AvgIpc) is 2.26. The standard InChI is InChI=1S/C10H14ClNO3/c1-15-8-3-6(2-7(11)4-8)10(14)9(13)5-12/h2-4,9-10,13-14H,5,12H2,1H3. The second-order valence-corrected chi connectivity index (χ2v) is 3.61. The van der Waals surface area contributed by atoms with Crippen molar-refractivity contribution in [1.29, 1.82) is 0 Å². The van der Waals surface area contributed by atoms with E-state index < -0.39 is 12.2 Å². The number of ether oxygens (including phenoxy) is 1. The maximum absolute atomic E-state index is 9.69. The van der Waals surface area contributed by atoms with Crippen molar-refractivity contribution in [1.82, 2.24) is 0 Å². The lowest BCUT2D eigenvalue weighted by molar-refractivity contribution is 0.0242. The summed E-state index contributed by atoms with van der Waals surface area (Å²) in [5.41, 5.74) is 5.73. The van der Waals surface area contributed by atoms with Crippen molar-refractivity contribution in [3.63, 3.8) is 0 Å². The molecule has 0 aliphatic rings. The first-order chi connectivity index (χ1) is 7.08. The fourth-order valence-electron chi connectivity index (χ4n) is 1.22. The molecule has 0 aliphatic heterocycles. The molecule has 0 aromatic heterocycles. The van der Waals surface area contributed by atoms with Crippen LogP contribution < -0.4 is 10.5 Å². The Morgan fingerprint density at radius 1 is 1.40 bits per heavy atom. The van der Waals surface area contributed by atoms with Gasteiger partial charge in [0.25, 0.3) is 0 Å². The summed E-state index contributed by atoms with van der Waals surface area (Å²) in [7, 11) is 1.50. The minimum absolute atomic E-state index is 0.0179. The molecule has 1 aromatic carbocycles. The zero-order chi connectivity index (χ0) is 11.4. The molecular weight excluding hydrogens is 218 g/mol. The third-order valence-electron chi connectivity index (χ3n) is 2.08. The summed E-state index contributed by atoms with van der Waals surface area (Å²) in [5.74, 6) is 0.528. The summed E-state index contributed by atoms with van der Waals surface area (Å²) < 4.78 is 4.99. The van der Waals surface area contributed by atoms with Gasteiger partial charge in [0.1, 0.15) is 11.9 Å². The first-order valence-electron chi connectivity index (χ1n) is 4.49. The first-order valence-corrected chi connectivity index (χ1v) is 4.87. The van der Waals surface area contributed by atoms with Gasteiger partial charge in [0.15, 0.2) is 0 Å². The number of hydrogen-bond donors (Lipinski definition) is 3. The van der Waals surface area contributed by atoms with Gasteiger partial charge in [-0.3, -0.25) is 0 Å². The Balaban J connectivity index is 2.97. The monoisotopic (exact) mass is 231 g/mol. The van der Waals surface area contributed by atoms with Crippen LogP contribution in [0.1, 0.15) is 11.7 Å². The highest BCUT2D eigenvalue weighted by Gasteiger charge is 2.17. The highest BCUT2D eigenvalue weighted by molar-refractivity contribution is 6.30. The largest absolute Gasteiger partial charge is 0.497 e. The smallest absolute Gasteiger partial charge is 0.120 e. The predicted molar refractivity (Wildman–Crippen MR) is 58.0 cm³/mol. The highest BCUT2D eigenvalue weighted by atomic mass is 35.5. The Bertz CT molecular complexity index is 332. The van der Waals surface area contributed by atoms with Crippen LogP contribution in [0.2, 0.25) is 5.02 Å². The fraction of sp³-hybridized carbons (Fsp3) is 0.400. The molecular formula is C10H14ClNO3. The third kappa shape index (κ3) is 3.07. The van der Waals surface area contributed by atoms with Crippen molar-refractivity contribution >= 4 is 11.6 Å². The molecule has 0 spiro atoms. The Morgan fingerprint density at radius 2 is 2.07 bits per heavy atom. The van der Waals surface area contributed by atoms with Crippen molar-refractivity contribution in [3.05, 3.63) is 28.8 Å². The maximum Gasteiger partial charge on any atom is 0.120 e. The molecule has 0 aliphatic carbocycles. The van der Waals surface area contributed by atoms with Gasteiger partial charge in [-0.05, 0) is 23.8 Å². The molecule has 2 atom stereocenters. The molecule has 0 bridgehead atoms. The average molecular weight is 232 g/mol. The van der Waals surface area contributed by atoms with E-state index in [0.717, 1.165) is 0 Å². The van der Waals surface area contributed by atoms with E-state index in [1.54, 1.807) is 18.2 Å². The van der Waals surface area contributed by atoms with Gasteiger partial charge in [-0.2, -0.15) is 0 Å². The lowest BCUT2D eigenvalue weighted by Gasteiger charge is -2.17. The van der Waals surface area contributed by atoms with Crippen LogP contribution in [0.15, 0.2) is 18.2 Å². The molecule has 15 heavy (non-hydrogen) atoms. The number of benzene rings is 1. The fourth-order valence-corrected chi connectivity index (χ4v) is 1.46. The molecule has 84 valence electrons. The van der Waals surface area contributed by atoms with Crippen molar-refractivity contribution in [2.24, 2.45) is 5.73 Å². The van der Waals surface area contributed by atoms with Crippen LogP contribution in [0.4, 0.5) is 0 Å². The van der Waals surface area contributed by atoms with Gasteiger partial charge < -0.3 is 20.7 Å². The molecule has 1 aromatic rings. The van der Waals surface area contributed by atoms with Crippen LogP contribution in [0.25, 0.3) is 0 Å². The van der Waals surface area contributed by atoms with E-state index >= 15 is 0 Å². The Morgan fingerprint density at radius 3 is 2.60 bits per heavy atom. The summed E-state index contributed by atoms with van der Waals surface area (Å²) in [6.07, 6.45) is -2.06. The number of rotatable bonds is 4. The molecule has 4 nitrogen and oxygen atoms in total. The Hall–Kier alpha value is -0.810. The van der Waals surface area contributed by atoms with Gasteiger partial charge in [0, 0.05) is 11.6 Å². The first kappa shape index (κ1) is 12.3. The van der Waals surface area contributed by atoms with Crippen LogP contribution >= 0.6 is 11.6 Å². The van der Waals surface area contributed by atoms with Crippen LogP contribution in [0.3, 0.4) is 0 Å². The van der Waals surface area contributed by atoms with E-state index in [-0.39, 0.29) is 6.54 Å². The second-order valence-electron chi connectivity index (χ2n) is 3.17. The number of aliphatic hydroxyl groups excluding tert-OH is 2. The highest BCUT2D eigenvalue weighted by Crippen LogP contribution is 2.26. The lowest BCUT2D eigenvalue weighted by Crippen LogP contribution is -2.27. The summed E-state index contributed by atoms with van der Waals surface area (Å²) >= 11 is 5.82. The van der Waals surface area contributed by atoms with Crippen molar-refractivity contribution in [3.8, 4) is 5.75 Å². The van der Waals surface area contributed by atoms with Gasteiger partial charge in [0.2, 0.25) is 0 Å². The lowest BCUT2D eigenvalue weighted by atomic mass is 10.0. The molecule has 0 saturated heterocycles. The summed E-state index contributed by atoms with van der Waals surface area (Å²) in [5, 5.41) is 19.5. The van der Waals surface area contributed by atoms with Crippen LogP contribution in [-0.4, -0.2) is 30.0 Å². The van der Waals surface area contributed by atoms with Gasteiger partial charge in [0.05, 0.1) is 13.2 Å². The van der Waals surface area contributed by atoms with Crippen LogP contribution in [0.5, 0.6) is 5.75 Å². The van der Waals surface area contributed by atoms with E-state index in [4.69, 9.17) is 22.1 Å². The number of methoxy groups -OCH3 is 1. The van der Waals surface area contributed by atoms with E-state index in [9.17, 15) is 10.2 Å². The van der Waals surface area contributed by atoms with E-state index in [1.165, 1.54) is 7.11 Å². The SMILES string of the molecule is COc1cc(Cl)cc(C(O)C(O)CN)c1. The molecule has 0 amide bonds. The number of aliphatic hydroxyl groups is 2. The zero-order valence-electron chi connectivity index (χ0n) is 8.35. The molecule has 0 radical (unpaired) electrons. The molecule has 0 saturated carbocycles. The third-order valence-corrected chi connectivity index (χ3v) is 2.30. The molecule has 2 unspecified atom stereocenters. The van der Waals surface area contributed by atoms with Gasteiger partial charge in [-0.1, -0.05) is 11.6 Å². The molecule has 1 rings (SSSR count). The summed E-state index contributed by atoms with van der Waals surface area (Å²) in [6.45, 7) is -0.0179. The molecule has 0 heterocycles. The van der Waals surface area contributed by atoms with Gasteiger partial charge >= 0.3 is 0 Å². The number of hydrogen-bond acceptors (Lipinski definition) is 4. The van der Waals surface area contributed by atoms with Gasteiger partial charge in [-0.15, -0.1) is 0 Å². The van der Waals surface area contributed by atoms with E-state index in [0.29, 0.717) is 16.3 Å². The van der Waals surface area contributed by atoms with Gasteiger partial charge in [-0.25, -0.2) is 0 Å². The summed E-state index contributed by atoms with van der Waals surface area (Å²) in [6, 6.07) is 4.79. The number of nitrogens with two attached hydrogens (primary N) is 1. The van der Waals surface area contributed by atoms with Crippen molar-refractivity contribution in [2.75, 3.05) is 13.7 Å². The topological polar surface area (TPSA) is 75.7 Å².